The van der Waals surface area contributed by atoms with E-state index in [2.05, 4.69) is 19.2 Å². The maximum Gasteiger partial charge on any atom is 0.0569 e. The quantitative estimate of drug-likeness (QED) is 0.677. The van der Waals surface area contributed by atoms with Gasteiger partial charge in [-0.05, 0) is 26.2 Å². The highest BCUT2D eigenvalue weighted by molar-refractivity contribution is 4.82. The second-order valence-electron chi connectivity index (χ2n) is 4.03. The topological polar surface area (TPSA) is 32.3 Å². The summed E-state index contributed by atoms with van der Waals surface area (Å²) in [6.07, 6.45) is 5.55. The van der Waals surface area contributed by atoms with E-state index in [1.54, 1.807) is 0 Å². The van der Waals surface area contributed by atoms with E-state index in [1.807, 2.05) is 0 Å². The van der Waals surface area contributed by atoms with Crippen molar-refractivity contribution in [2.24, 2.45) is 0 Å². The highest BCUT2D eigenvalue weighted by Crippen LogP contribution is 2.17. The predicted molar refractivity (Wildman–Crippen MR) is 51.2 cm³/mol. The van der Waals surface area contributed by atoms with E-state index in [1.165, 1.54) is 19.3 Å². The van der Waals surface area contributed by atoms with Gasteiger partial charge in [-0.3, -0.25) is 0 Å². The summed E-state index contributed by atoms with van der Waals surface area (Å²) in [6, 6.07) is 1.05. The Morgan fingerprint density at radius 2 is 2.17 bits per heavy atom. The van der Waals surface area contributed by atoms with Crippen molar-refractivity contribution in [2.45, 2.75) is 64.1 Å². The van der Waals surface area contributed by atoms with E-state index < -0.39 is 0 Å². The molecule has 1 aliphatic heterocycles. The normalized spacial score (nSPS) is 36.8. The molecule has 0 aromatic heterocycles. The molecule has 0 aromatic carbocycles. The van der Waals surface area contributed by atoms with Gasteiger partial charge in [0.25, 0.3) is 0 Å². The fourth-order valence-corrected chi connectivity index (χ4v) is 2.02. The van der Waals surface area contributed by atoms with Crippen molar-refractivity contribution in [1.29, 1.82) is 0 Å². The third kappa shape index (κ3) is 3.11. The van der Waals surface area contributed by atoms with Crippen molar-refractivity contribution in [3.8, 4) is 0 Å². The molecule has 3 unspecified atom stereocenters. The maximum absolute atomic E-state index is 9.51. The van der Waals surface area contributed by atoms with Gasteiger partial charge in [0.15, 0.2) is 0 Å². The molecule has 0 amide bonds. The second kappa shape index (κ2) is 4.83. The van der Waals surface area contributed by atoms with Crippen molar-refractivity contribution >= 4 is 0 Å². The Morgan fingerprint density at radius 1 is 1.42 bits per heavy atom. The highest BCUT2D eigenvalue weighted by atomic mass is 16.3. The minimum atomic E-state index is -0.0666. The van der Waals surface area contributed by atoms with Crippen molar-refractivity contribution in [3.63, 3.8) is 0 Å². The van der Waals surface area contributed by atoms with Crippen LogP contribution in [0.25, 0.3) is 0 Å². The SMILES string of the molecule is CCCCC1CC(O)CC(C)N1. The zero-order chi connectivity index (χ0) is 8.97. The molecule has 1 saturated heterocycles. The van der Waals surface area contributed by atoms with Crippen molar-refractivity contribution < 1.29 is 5.11 Å². The van der Waals surface area contributed by atoms with Crippen molar-refractivity contribution in [1.82, 2.24) is 5.32 Å². The molecule has 2 heteroatoms. The summed E-state index contributed by atoms with van der Waals surface area (Å²) in [7, 11) is 0. The largest absolute Gasteiger partial charge is 0.393 e. The average Bonchev–Trinajstić information content (AvgIpc) is 1.99. The van der Waals surface area contributed by atoms with Crippen molar-refractivity contribution in [3.05, 3.63) is 0 Å². The molecule has 0 spiro atoms. The van der Waals surface area contributed by atoms with E-state index in [0.29, 0.717) is 12.1 Å². The number of hydrogen-bond donors (Lipinski definition) is 2. The third-order valence-electron chi connectivity index (χ3n) is 2.61. The molecule has 0 bridgehead atoms. The summed E-state index contributed by atoms with van der Waals surface area (Å²) in [5.41, 5.74) is 0. The van der Waals surface area contributed by atoms with Gasteiger partial charge in [-0.15, -0.1) is 0 Å². The molecule has 0 radical (unpaired) electrons. The second-order valence-corrected chi connectivity index (χ2v) is 4.03. The third-order valence-corrected chi connectivity index (χ3v) is 2.61. The summed E-state index contributed by atoms with van der Waals surface area (Å²) in [5, 5.41) is 13.0. The van der Waals surface area contributed by atoms with Gasteiger partial charge in [-0.1, -0.05) is 19.8 Å². The van der Waals surface area contributed by atoms with Crippen LogP contribution < -0.4 is 5.32 Å². The van der Waals surface area contributed by atoms with Crippen LogP contribution in [0.1, 0.15) is 46.0 Å². The summed E-state index contributed by atoms with van der Waals surface area (Å²) in [5.74, 6) is 0. The van der Waals surface area contributed by atoms with Gasteiger partial charge in [-0.2, -0.15) is 0 Å². The van der Waals surface area contributed by atoms with Gasteiger partial charge in [0.2, 0.25) is 0 Å². The maximum atomic E-state index is 9.51. The molecule has 1 heterocycles. The molecule has 1 fully saturated rings. The zero-order valence-corrected chi connectivity index (χ0v) is 8.21. The summed E-state index contributed by atoms with van der Waals surface area (Å²) in [4.78, 5) is 0. The smallest absolute Gasteiger partial charge is 0.0569 e. The molecule has 0 aromatic rings. The predicted octanol–water partition coefficient (Wildman–Crippen LogP) is 1.68. The Bertz CT molecular complexity index is 117. The average molecular weight is 171 g/mol. The lowest BCUT2D eigenvalue weighted by molar-refractivity contribution is 0.0947. The minimum Gasteiger partial charge on any atom is -0.393 e. The van der Waals surface area contributed by atoms with E-state index in [9.17, 15) is 5.11 Å². The number of aliphatic hydroxyl groups is 1. The van der Waals surface area contributed by atoms with Crippen LogP contribution in [0.2, 0.25) is 0 Å². The molecule has 2 nitrogen and oxygen atoms in total. The zero-order valence-electron chi connectivity index (χ0n) is 8.21. The molecule has 1 rings (SSSR count). The highest BCUT2D eigenvalue weighted by Gasteiger charge is 2.23. The Labute approximate surface area is 75.4 Å². The molecule has 12 heavy (non-hydrogen) atoms. The van der Waals surface area contributed by atoms with Gasteiger partial charge in [0.05, 0.1) is 6.10 Å². The molecular weight excluding hydrogens is 150 g/mol. The lowest BCUT2D eigenvalue weighted by Gasteiger charge is -2.32. The molecule has 1 aliphatic rings. The standard InChI is InChI=1S/C10H21NO/c1-3-4-5-9-7-10(12)6-8(2)11-9/h8-12H,3-7H2,1-2H3. The van der Waals surface area contributed by atoms with Crippen LogP contribution in [0.15, 0.2) is 0 Å². The van der Waals surface area contributed by atoms with Gasteiger partial charge in [0.1, 0.15) is 0 Å². The first-order chi connectivity index (χ1) is 5.72. The van der Waals surface area contributed by atoms with E-state index in [4.69, 9.17) is 0 Å². The lowest BCUT2D eigenvalue weighted by Crippen LogP contribution is -2.45. The Balaban J connectivity index is 2.24. The number of rotatable bonds is 3. The van der Waals surface area contributed by atoms with Crippen LogP contribution in [0.4, 0.5) is 0 Å². The Morgan fingerprint density at radius 3 is 2.75 bits per heavy atom. The number of hydrogen-bond acceptors (Lipinski definition) is 2. The first kappa shape index (κ1) is 10.0. The van der Waals surface area contributed by atoms with Crippen LogP contribution in [0.5, 0.6) is 0 Å². The van der Waals surface area contributed by atoms with Gasteiger partial charge in [0, 0.05) is 12.1 Å². The first-order valence-electron chi connectivity index (χ1n) is 5.16. The number of aliphatic hydroxyl groups excluding tert-OH is 1. The van der Waals surface area contributed by atoms with Crippen LogP contribution in [-0.4, -0.2) is 23.3 Å². The van der Waals surface area contributed by atoms with E-state index in [0.717, 1.165) is 12.8 Å². The van der Waals surface area contributed by atoms with Crippen LogP contribution in [0, 0.1) is 0 Å². The molecule has 2 N–H and O–H groups in total. The van der Waals surface area contributed by atoms with E-state index >= 15 is 0 Å². The van der Waals surface area contributed by atoms with Crippen LogP contribution in [-0.2, 0) is 0 Å². The fraction of sp³-hybridized carbons (Fsp3) is 1.00. The fourth-order valence-electron chi connectivity index (χ4n) is 2.02. The van der Waals surface area contributed by atoms with Crippen LogP contribution >= 0.6 is 0 Å². The number of unbranched alkanes of at least 4 members (excludes halogenated alkanes) is 1. The van der Waals surface area contributed by atoms with Gasteiger partial charge < -0.3 is 10.4 Å². The lowest BCUT2D eigenvalue weighted by atomic mass is 9.94. The van der Waals surface area contributed by atoms with Gasteiger partial charge >= 0.3 is 0 Å². The summed E-state index contributed by atoms with van der Waals surface area (Å²) < 4.78 is 0. The monoisotopic (exact) mass is 171 g/mol. The molecule has 0 aliphatic carbocycles. The van der Waals surface area contributed by atoms with E-state index in [-0.39, 0.29) is 6.10 Å². The number of nitrogens with one attached hydrogen (secondary N) is 1. The Hall–Kier alpha value is -0.0800. The van der Waals surface area contributed by atoms with Gasteiger partial charge in [-0.25, -0.2) is 0 Å². The molecule has 0 saturated carbocycles. The molecule has 3 atom stereocenters. The summed E-state index contributed by atoms with van der Waals surface area (Å²) >= 11 is 0. The number of piperidine rings is 1. The van der Waals surface area contributed by atoms with Crippen LogP contribution in [0.3, 0.4) is 0 Å². The molecule has 72 valence electrons. The van der Waals surface area contributed by atoms with Crippen molar-refractivity contribution in [2.75, 3.05) is 0 Å². The minimum absolute atomic E-state index is 0.0666. The summed E-state index contributed by atoms with van der Waals surface area (Å²) in [6.45, 7) is 4.37. The molecular formula is C10H21NO. The first-order valence-corrected chi connectivity index (χ1v) is 5.16. The Kier molecular flexibility index (Phi) is 4.02.